The van der Waals surface area contributed by atoms with E-state index in [4.69, 9.17) is 29.8 Å². The summed E-state index contributed by atoms with van der Waals surface area (Å²) < 4.78 is 0. The molecule has 0 fully saturated rings. The van der Waals surface area contributed by atoms with Crippen LogP contribution in [0.25, 0.3) is 4.85 Å². The van der Waals surface area contributed by atoms with Crippen LogP contribution >= 0.6 is 23.2 Å². The van der Waals surface area contributed by atoms with Crippen LogP contribution in [0.15, 0.2) is 12.1 Å². The molecule has 0 atom stereocenters. The molecule has 0 N–H and O–H groups in total. The largest absolute Gasteiger partial charge is 0.236 e. The van der Waals surface area contributed by atoms with Gasteiger partial charge >= 0.3 is 0 Å². The van der Waals surface area contributed by atoms with Gasteiger partial charge in [-0.15, -0.1) is 0 Å². The molecular formula is C8H5Cl2N. The first-order chi connectivity index (χ1) is 5.15. The SMILES string of the molecule is [C-]#[N+]c1c(C)cc(Cl)cc1Cl. The van der Waals surface area contributed by atoms with E-state index in [0.717, 1.165) is 5.56 Å². The highest BCUT2D eigenvalue weighted by Gasteiger charge is 2.04. The Morgan fingerprint density at radius 2 is 2.00 bits per heavy atom. The van der Waals surface area contributed by atoms with Crippen LogP contribution in [0.4, 0.5) is 5.69 Å². The summed E-state index contributed by atoms with van der Waals surface area (Å²) in [6, 6.07) is 3.30. The fraction of sp³-hybridized carbons (Fsp3) is 0.125. The lowest BCUT2D eigenvalue weighted by molar-refractivity contribution is 1.49. The first-order valence-corrected chi connectivity index (χ1v) is 3.74. The highest BCUT2D eigenvalue weighted by Crippen LogP contribution is 2.31. The fourth-order valence-corrected chi connectivity index (χ4v) is 1.47. The number of halogens is 2. The van der Waals surface area contributed by atoms with Crippen LogP contribution in [0, 0.1) is 13.5 Å². The molecule has 3 heteroatoms. The Morgan fingerprint density at radius 3 is 2.45 bits per heavy atom. The summed E-state index contributed by atoms with van der Waals surface area (Å²) >= 11 is 11.4. The average molecular weight is 186 g/mol. The van der Waals surface area contributed by atoms with Crippen molar-refractivity contribution in [3.05, 3.63) is 39.2 Å². The van der Waals surface area contributed by atoms with E-state index in [1.165, 1.54) is 0 Å². The summed E-state index contributed by atoms with van der Waals surface area (Å²) in [6.07, 6.45) is 0. The molecule has 1 nitrogen and oxygen atoms in total. The van der Waals surface area contributed by atoms with Crippen molar-refractivity contribution in [2.24, 2.45) is 0 Å². The lowest BCUT2D eigenvalue weighted by Gasteiger charge is -1.99. The number of benzene rings is 1. The molecule has 0 unspecified atom stereocenters. The Kier molecular flexibility index (Phi) is 2.38. The minimum absolute atomic E-state index is 0.421. The Bertz CT molecular complexity index is 302. The van der Waals surface area contributed by atoms with E-state index in [1.807, 2.05) is 6.92 Å². The zero-order chi connectivity index (χ0) is 8.43. The second-order valence-electron chi connectivity index (χ2n) is 2.16. The molecule has 1 aromatic rings. The van der Waals surface area contributed by atoms with Gasteiger partial charge in [-0.1, -0.05) is 29.3 Å². The molecule has 1 rings (SSSR count). The van der Waals surface area contributed by atoms with Gasteiger partial charge in [0, 0.05) is 10.0 Å². The zero-order valence-electron chi connectivity index (χ0n) is 5.86. The van der Waals surface area contributed by atoms with Gasteiger partial charge in [0.25, 0.3) is 0 Å². The van der Waals surface area contributed by atoms with Gasteiger partial charge in [0.1, 0.15) is 0 Å². The Morgan fingerprint density at radius 1 is 1.36 bits per heavy atom. The zero-order valence-corrected chi connectivity index (χ0v) is 7.37. The van der Waals surface area contributed by atoms with Crippen molar-refractivity contribution in [3.63, 3.8) is 0 Å². The van der Waals surface area contributed by atoms with Gasteiger partial charge in [0.15, 0.2) is 0 Å². The van der Waals surface area contributed by atoms with Crippen molar-refractivity contribution in [1.82, 2.24) is 0 Å². The third kappa shape index (κ3) is 1.65. The lowest BCUT2D eigenvalue weighted by atomic mass is 10.2. The molecule has 0 spiro atoms. The van der Waals surface area contributed by atoms with E-state index in [0.29, 0.717) is 15.7 Å². The van der Waals surface area contributed by atoms with Gasteiger partial charge in [-0.25, -0.2) is 4.85 Å². The van der Waals surface area contributed by atoms with Crippen molar-refractivity contribution < 1.29 is 0 Å². The minimum atomic E-state index is 0.421. The van der Waals surface area contributed by atoms with Crippen molar-refractivity contribution in [1.29, 1.82) is 0 Å². The second kappa shape index (κ2) is 3.13. The molecule has 0 bridgehead atoms. The predicted octanol–water partition coefficient (Wildman–Crippen LogP) is 3.85. The molecule has 0 aromatic heterocycles. The number of rotatable bonds is 0. The van der Waals surface area contributed by atoms with Crippen LogP contribution in [0.2, 0.25) is 10.0 Å². The normalized spacial score (nSPS) is 9.27. The monoisotopic (exact) mass is 185 g/mol. The second-order valence-corrected chi connectivity index (χ2v) is 3.01. The lowest BCUT2D eigenvalue weighted by Crippen LogP contribution is -1.74. The van der Waals surface area contributed by atoms with E-state index in [-0.39, 0.29) is 0 Å². The molecule has 0 aliphatic carbocycles. The molecule has 1 aromatic carbocycles. The summed E-state index contributed by atoms with van der Waals surface area (Å²) in [6.45, 7) is 8.60. The van der Waals surface area contributed by atoms with Gasteiger partial charge in [-0.2, -0.15) is 0 Å². The highest BCUT2D eigenvalue weighted by molar-refractivity contribution is 6.36. The third-order valence-corrected chi connectivity index (χ3v) is 1.84. The molecule has 0 aliphatic heterocycles. The van der Waals surface area contributed by atoms with Crippen molar-refractivity contribution in [2.45, 2.75) is 6.92 Å². The van der Waals surface area contributed by atoms with Gasteiger partial charge in [0.05, 0.1) is 6.57 Å². The average Bonchev–Trinajstić information content (AvgIpc) is 1.85. The number of hydrogen-bond acceptors (Lipinski definition) is 0. The van der Waals surface area contributed by atoms with Crippen molar-refractivity contribution >= 4 is 28.9 Å². The number of aryl methyl sites for hydroxylation is 1. The Hall–Kier alpha value is -0.710. The summed E-state index contributed by atoms with van der Waals surface area (Å²) in [7, 11) is 0. The maximum absolute atomic E-state index is 6.79. The summed E-state index contributed by atoms with van der Waals surface area (Å²) in [4.78, 5) is 3.27. The molecule has 11 heavy (non-hydrogen) atoms. The van der Waals surface area contributed by atoms with Gasteiger partial charge < -0.3 is 0 Å². The van der Waals surface area contributed by atoms with Gasteiger partial charge in [-0.05, 0) is 18.6 Å². The molecule has 0 aliphatic rings. The van der Waals surface area contributed by atoms with Gasteiger partial charge in [-0.3, -0.25) is 0 Å². The molecule has 0 amide bonds. The van der Waals surface area contributed by atoms with Crippen LogP contribution < -0.4 is 0 Å². The summed E-state index contributed by atoms with van der Waals surface area (Å²) in [5, 5.41) is 0.991. The third-order valence-electron chi connectivity index (χ3n) is 1.33. The molecule has 0 heterocycles. The van der Waals surface area contributed by atoms with Crippen LogP contribution in [0.3, 0.4) is 0 Å². The predicted molar refractivity (Wildman–Crippen MR) is 47.5 cm³/mol. The van der Waals surface area contributed by atoms with E-state index < -0.39 is 0 Å². The fourth-order valence-electron chi connectivity index (χ4n) is 0.836. The number of hydrogen-bond donors (Lipinski definition) is 0. The summed E-state index contributed by atoms with van der Waals surface area (Å²) in [5.74, 6) is 0. The molecule has 0 radical (unpaired) electrons. The van der Waals surface area contributed by atoms with E-state index in [2.05, 4.69) is 4.85 Å². The van der Waals surface area contributed by atoms with Crippen LogP contribution in [0.5, 0.6) is 0 Å². The van der Waals surface area contributed by atoms with Crippen LogP contribution in [-0.4, -0.2) is 0 Å². The maximum atomic E-state index is 6.79. The van der Waals surface area contributed by atoms with E-state index in [9.17, 15) is 0 Å². The summed E-state index contributed by atoms with van der Waals surface area (Å²) in [5.41, 5.74) is 1.30. The number of nitrogens with zero attached hydrogens (tertiary/aromatic N) is 1. The Labute approximate surface area is 75.4 Å². The van der Waals surface area contributed by atoms with E-state index >= 15 is 0 Å². The van der Waals surface area contributed by atoms with Crippen LogP contribution in [0.1, 0.15) is 5.56 Å². The van der Waals surface area contributed by atoms with Crippen LogP contribution in [-0.2, 0) is 0 Å². The minimum Gasteiger partial charge on any atom is -0.236 e. The highest BCUT2D eigenvalue weighted by atomic mass is 35.5. The molecule has 0 saturated carbocycles. The molecular weight excluding hydrogens is 181 g/mol. The topological polar surface area (TPSA) is 4.36 Å². The first kappa shape index (κ1) is 8.39. The Balaban J connectivity index is 3.40. The maximum Gasteiger partial charge on any atom is 0.208 e. The quantitative estimate of drug-likeness (QED) is 0.542. The standard InChI is InChI=1S/C8H5Cl2N/c1-5-3-6(9)4-7(10)8(5)11-2/h3-4H,1H3. The van der Waals surface area contributed by atoms with E-state index in [1.54, 1.807) is 12.1 Å². The first-order valence-electron chi connectivity index (χ1n) is 2.98. The van der Waals surface area contributed by atoms with Crippen molar-refractivity contribution in [3.8, 4) is 0 Å². The van der Waals surface area contributed by atoms with Gasteiger partial charge in [0.2, 0.25) is 5.69 Å². The van der Waals surface area contributed by atoms with Crippen molar-refractivity contribution in [2.75, 3.05) is 0 Å². The molecule has 0 saturated heterocycles. The smallest absolute Gasteiger partial charge is 0.208 e. The molecule has 56 valence electrons.